The maximum Gasteiger partial charge on any atom is 0.202 e. The molecule has 51 heavy (non-hydrogen) atoms. The molecule has 0 aliphatic carbocycles. The number of aromatic nitrogens is 6. The number of rotatable bonds is 15. The summed E-state index contributed by atoms with van der Waals surface area (Å²) in [6.45, 7) is 8.80. The molecule has 13 heteroatoms. The summed E-state index contributed by atoms with van der Waals surface area (Å²) >= 11 is 0. The van der Waals surface area contributed by atoms with Gasteiger partial charge in [0, 0.05) is 32.7 Å². The number of Topliss-reactive ketones (excluding diaryl/α,β-unsaturated/α-hetero) is 1. The molecular weight excluding hydrogens is 649 g/mol. The Morgan fingerprint density at radius 2 is 1.94 bits per heavy atom. The van der Waals surface area contributed by atoms with Crippen molar-refractivity contribution < 1.29 is 18.7 Å². The number of benzene rings is 3. The van der Waals surface area contributed by atoms with Gasteiger partial charge in [-0.1, -0.05) is 24.3 Å². The topological polar surface area (TPSA) is 126 Å². The van der Waals surface area contributed by atoms with E-state index < -0.39 is 0 Å². The minimum Gasteiger partial charge on any atom is -0.491 e. The number of piperidine rings is 1. The maximum atomic E-state index is 14.2. The van der Waals surface area contributed by atoms with Crippen molar-refractivity contribution in [2.24, 2.45) is 0 Å². The summed E-state index contributed by atoms with van der Waals surface area (Å²) in [5.41, 5.74) is 6.20. The van der Waals surface area contributed by atoms with Crippen LogP contribution < -0.4 is 15.0 Å². The Balaban J connectivity index is 1.15. The summed E-state index contributed by atoms with van der Waals surface area (Å²) in [7, 11) is 0. The highest BCUT2D eigenvalue weighted by Gasteiger charge is 2.30. The largest absolute Gasteiger partial charge is 0.491 e. The van der Waals surface area contributed by atoms with Crippen LogP contribution in [0.25, 0.3) is 16.7 Å². The molecule has 0 saturated carbocycles. The zero-order valence-electron chi connectivity index (χ0n) is 29.4. The number of halogens is 1. The number of likely N-dealkylation sites (tertiary alicyclic amines) is 1. The molecule has 2 aromatic heterocycles. The fourth-order valence-corrected chi connectivity index (χ4v) is 7.38. The molecule has 2 atom stereocenters. The summed E-state index contributed by atoms with van der Waals surface area (Å²) in [5, 5.41) is 15.6. The molecule has 12 nitrogen and oxygen atoms in total. The summed E-state index contributed by atoms with van der Waals surface area (Å²) < 4.78 is 27.1. The van der Waals surface area contributed by atoms with E-state index in [0.717, 1.165) is 79.6 Å². The van der Waals surface area contributed by atoms with E-state index in [-0.39, 0.29) is 17.8 Å². The zero-order valence-corrected chi connectivity index (χ0v) is 29.4. The number of nitrogens with zero attached hydrogens (tertiary/aromatic N) is 7. The van der Waals surface area contributed by atoms with Gasteiger partial charge in [0.1, 0.15) is 18.3 Å². The molecule has 2 unspecified atom stereocenters. The number of fused-ring (bicyclic) bond motifs is 1. The molecule has 2 saturated heterocycles. The molecule has 5 aromatic rings. The van der Waals surface area contributed by atoms with Crippen LogP contribution in [0.2, 0.25) is 0 Å². The van der Waals surface area contributed by atoms with Gasteiger partial charge in [-0.3, -0.25) is 4.79 Å². The van der Waals surface area contributed by atoms with Gasteiger partial charge in [0.25, 0.3) is 0 Å². The lowest BCUT2D eigenvalue weighted by molar-refractivity contribution is 0.0965. The lowest BCUT2D eigenvalue weighted by atomic mass is 9.98. The molecule has 4 heterocycles. The number of ketones is 1. The third-order valence-corrected chi connectivity index (χ3v) is 9.96. The van der Waals surface area contributed by atoms with Crippen LogP contribution in [0.5, 0.6) is 5.75 Å². The second-order valence-corrected chi connectivity index (χ2v) is 13.2. The number of carbonyl (C=O) groups excluding carboxylic acids is 1. The van der Waals surface area contributed by atoms with E-state index >= 15 is 0 Å². The van der Waals surface area contributed by atoms with Crippen LogP contribution in [0.4, 0.5) is 16.0 Å². The number of H-pyrrole nitrogens is 1. The molecule has 2 aliphatic rings. The van der Waals surface area contributed by atoms with Crippen molar-refractivity contribution >= 4 is 28.5 Å². The molecule has 268 valence electrons. The van der Waals surface area contributed by atoms with Gasteiger partial charge in [-0.05, 0) is 110 Å². The van der Waals surface area contributed by atoms with Crippen molar-refractivity contribution in [2.45, 2.75) is 64.5 Å². The number of hydrogen-bond acceptors (Lipinski definition) is 10. The SMILES string of the molecule is CCOCCc1cccc2[nH]c(NC3CCCCN3c3cc(-n4cnnn4)cc(C(=O)CCN4CCC(c5ccc(F)cc5)C4)c3OCC)nc12. The quantitative estimate of drug-likeness (QED) is 0.0974. The highest BCUT2D eigenvalue weighted by atomic mass is 19.1. The summed E-state index contributed by atoms with van der Waals surface area (Å²) in [4.78, 5) is 27.2. The fraction of sp³-hybridized carbons (Fsp3) is 0.447. The van der Waals surface area contributed by atoms with Crippen LogP contribution >= 0.6 is 0 Å². The van der Waals surface area contributed by atoms with Gasteiger partial charge in [-0.2, -0.15) is 0 Å². The maximum absolute atomic E-state index is 14.2. The van der Waals surface area contributed by atoms with Gasteiger partial charge in [0.05, 0.1) is 41.2 Å². The van der Waals surface area contributed by atoms with Crippen LogP contribution in [-0.2, 0) is 11.2 Å². The Bertz CT molecular complexity index is 1910. The summed E-state index contributed by atoms with van der Waals surface area (Å²) in [5.74, 6) is 1.36. The van der Waals surface area contributed by atoms with E-state index in [1.807, 2.05) is 50.2 Å². The number of tetrazole rings is 1. The van der Waals surface area contributed by atoms with Gasteiger partial charge in [0.2, 0.25) is 5.95 Å². The Morgan fingerprint density at radius 3 is 2.75 bits per heavy atom. The van der Waals surface area contributed by atoms with E-state index in [9.17, 15) is 9.18 Å². The van der Waals surface area contributed by atoms with Gasteiger partial charge < -0.3 is 29.6 Å². The smallest absolute Gasteiger partial charge is 0.202 e. The predicted molar refractivity (Wildman–Crippen MR) is 194 cm³/mol. The molecule has 2 N–H and O–H groups in total. The molecule has 0 radical (unpaired) electrons. The number of para-hydroxylation sites is 1. The van der Waals surface area contributed by atoms with Crippen molar-refractivity contribution in [1.29, 1.82) is 0 Å². The first-order valence-electron chi connectivity index (χ1n) is 18.1. The average Bonchev–Trinajstić information content (AvgIpc) is 3.94. The predicted octanol–water partition coefficient (Wildman–Crippen LogP) is 6.15. The van der Waals surface area contributed by atoms with E-state index in [4.69, 9.17) is 14.5 Å². The molecule has 2 aliphatic heterocycles. The van der Waals surface area contributed by atoms with Crippen LogP contribution in [0.3, 0.4) is 0 Å². The lowest BCUT2D eigenvalue weighted by Crippen LogP contribution is -2.45. The monoisotopic (exact) mass is 695 g/mol. The number of ether oxygens (including phenoxy) is 2. The van der Waals surface area contributed by atoms with Gasteiger partial charge in [-0.25, -0.2) is 14.1 Å². The van der Waals surface area contributed by atoms with E-state index in [2.05, 4.69) is 41.7 Å². The van der Waals surface area contributed by atoms with Crippen molar-refractivity contribution in [1.82, 2.24) is 35.1 Å². The molecule has 3 aromatic carbocycles. The number of anilines is 2. The first-order chi connectivity index (χ1) is 25.0. The highest BCUT2D eigenvalue weighted by molar-refractivity contribution is 6.01. The van der Waals surface area contributed by atoms with Crippen molar-refractivity contribution in [3.63, 3.8) is 0 Å². The molecule has 0 bridgehead atoms. The number of imidazole rings is 1. The van der Waals surface area contributed by atoms with Crippen LogP contribution in [0, 0.1) is 5.82 Å². The zero-order chi connectivity index (χ0) is 35.2. The standard InChI is InChI=1S/C38H46FN9O3/c1-3-50-21-17-27-8-7-9-32-36(27)43-38(41-32)42-35-10-5-6-18-47(35)33-23-30(48-25-40-44-45-48)22-31(37(33)51-4-2)34(49)16-20-46-19-15-28(24-46)26-11-13-29(39)14-12-26/h7-9,11-14,22-23,25,28,35H,3-6,10,15-21,24H2,1-2H3,(H2,41,42,43). The number of carbonyl (C=O) groups is 1. The van der Waals surface area contributed by atoms with E-state index in [1.54, 1.807) is 4.68 Å². The summed E-state index contributed by atoms with van der Waals surface area (Å²) in [6.07, 6.45) is 6.45. The van der Waals surface area contributed by atoms with Crippen molar-refractivity contribution in [3.8, 4) is 11.4 Å². The Morgan fingerprint density at radius 1 is 1.06 bits per heavy atom. The second kappa shape index (κ2) is 16.0. The Hall–Kier alpha value is -4.88. The third-order valence-electron chi connectivity index (χ3n) is 9.96. The minimum absolute atomic E-state index is 0.00163. The van der Waals surface area contributed by atoms with E-state index in [1.165, 1.54) is 18.5 Å². The van der Waals surface area contributed by atoms with Crippen LogP contribution in [0.15, 0.2) is 60.9 Å². The molecule has 7 rings (SSSR count). The molecule has 2 fully saturated rings. The molecular formula is C38H46FN9O3. The van der Waals surface area contributed by atoms with Crippen LogP contribution in [0.1, 0.15) is 73.4 Å². The second-order valence-electron chi connectivity index (χ2n) is 13.2. The normalized spacial score (nSPS) is 18.1. The highest BCUT2D eigenvalue weighted by Crippen LogP contribution is 2.39. The van der Waals surface area contributed by atoms with E-state index in [0.29, 0.717) is 61.7 Å². The average molecular weight is 696 g/mol. The third kappa shape index (κ3) is 7.89. The van der Waals surface area contributed by atoms with Crippen molar-refractivity contribution in [2.75, 3.05) is 56.2 Å². The number of hydrogen-bond donors (Lipinski definition) is 2. The molecule has 0 spiro atoms. The first kappa shape index (κ1) is 34.6. The van der Waals surface area contributed by atoms with Crippen LogP contribution in [-0.4, -0.2) is 93.0 Å². The van der Waals surface area contributed by atoms with Crippen molar-refractivity contribution in [3.05, 3.63) is 83.4 Å². The molecule has 0 amide bonds. The lowest BCUT2D eigenvalue weighted by Gasteiger charge is -2.39. The first-order valence-corrected chi connectivity index (χ1v) is 18.1. The Kier molecular flexibility index (Phi) is 10.8. The summed E-state index contributed by atoms with van der Waals surface area (Å²) in [6, 6.07) is 16.8. The number of nitrogens with one attached hydrogen (secondary N) is 2. The van der Waals surface area contributed by atoms with Gasteiger partial charge in [-0.15, -0.1) is 5.10 Å². The van der Waals surface area contributed by atoms with Gasteiger partial charge in [0.15, 0.2) is 11.5 Å². The number of aromatic amines is 1. The van der Waals surface area contributed by atoms with Gasteiger partial charge >= 0.3 is 0 Å². The minimum atomic E-state index is -0.226. The fourth-order valence-electron chi connectivity index (χ4n) is 7.38. The Labute approximate surface area is 297 Å².